The average molecular weight is 1060 g/mol. The van der Waals surface area contributed by atoms with Crippen LogP contribution in [0.25, 0.3) is 22.3 Å². The van der Waals surface area contributed by atoms with Gasteiger partial charge in [0, 0.05) is 68.3 Å². The summed E-state index contributed by atoms with van der Waals surface area (Å²) in [5.74, 6) is 0. The first-order valence-electron chi connectivity index (χ1n) is 20.3. The van der Waals surface area contributed by atoms with Crippen molar-refractivity contribution in [1.29, 1.82) is 0 Å². The number of hydrogen-bond donors (Lipinski definition) is 1. The van der Waals surface area contributed by atoms with Crippen LogP contribution in [0.3, 0.4) is 0 Å². The normalized spacial score (nSPS) is 13.1. The molecule has 3 radical (unpaired) electrons. The van der Waals surface area contributed by atoms with Crippen molar-refractivity contribution >= 4 is 86.4 Å². The molecule has 0 aliphatic carbocycles. The second kappa shape index (κ2) is 21.8. The first-order chi connectivity index (χ1) is 29.5. The molecule has 2 aliphatic rings. The van der Waals surface area contributed by atoms with E-state index in [1.54, 1.807) is 0 Å². The predicted molar refractivity (Wildman–Crippen MR) is 277 cm³/mol. The molecule has 2 aliphatic heterocycles. The molecule has 0 fully saturated rings. The van der Waals surface area contributed by atoms with E-state index in [1.807, 2.05) is 0 Å². The molecular formula is C55H49BBr2N3SV2. The molecule has 0 saturated heterocycles. The van der Waals surface area contributed by atoms with E-state index in [-0.39, 0.29) is 55.4 Å². The van der Waals surface area contributed by atoms with Crippen molar-refractivity contribution in [2.45, 2.75) is 46.0 Å². The van der Waals surface area contributed by atoms with E-state index >= 15 is 0 Å². The van der Waals surface area contributed by atoms with Crippen molar-refractivity contribution in [2.24, 2.45) is 4.30 Å². The Bertz CT molecular complexity index is 2720. The molecule has 317 valence electrons. The molecule has 64 heavy (non-hydrogen) atoms. The van der Waals surface area contributed by atoms with Crippen LogP contribution < -0.4 is 9.80 Å². The van der Waals surface area contributed by atoms with Crippen molar-refractivity contribution in [3.05, 3.63) is 225 Å². The van der Waals surface area contributed by atoms with Crippen LogP contribution in [0.2, 0.25) is 0 Å². The number of rotatable bonds is 4. The molecule has 0 spiro atoms. The average Bonchev–Trinajstić information content (AvgIpc) is 3.29. The Morgan fingerprint density at radius 2 is 0.688 bits per heavy atom. The molecule has 3 nitrogen and oxygen atoms in total. The molecule has 9 heteroatoms. The fourth-order valence-electron chi connectivity index (χ4n) is 8.78. The van der Waals surface area contributed by atoms with Gasteiger partial charge in [-0.15, -0.1) is 0 Å². The van der Waals surface area contributed by atoms with Crippen LogP contribution in [0, 0.1) is 0 Å². The molecule has 0 unspecified atom stereocenters. The van der Waals surface area contributed by atoms with E-state index in [0.717, 1.165) is 14.6 Å². The third-order valence-corrected chi connectivity index (χ3v) is 12.8. The summed E-state index contributed by atoms with van der Waals surface area (Å²) < 4.78 is 4.90. The number of thiol groups is 1. The third kappa shape index (κ3) is 10.1. The number of fused-ring (bicyclic) bond motifs is 4. The maximum absolute atomic E-state index is 4.34. The number of benzene rings is 8. The van der Waals surface area contributed by atoms with Crippen LogP contribution in [0.1, 0.15) is 57.4 Å². The number of para-hydroxylation sites is 2. The summed E-state index contributed by atoms with van der Waals surface area (Å²) in [7, 11) is 4.34. The van der Waals surface area contributed by atoms with Crippen molar-refractivity contribution in [3.63, 3.8) is 0 Å². The van der Waals surface area contributed by atoms with Crippen LogP contribution in [-0.2, 0) is 47.9 Å². The topological polar surface area (TPSA) is 18.8 Å². The van der Waals surface area contributed by atoms with Crippen molar-refractivity contribution in [2.75, 3.05) is 9.80 Å². The number of hydrogen-bond acceptors (Lipinski definition) is 4. The van der Waals surface area contributed by atoms with Gasteiger partial charge in [-0.3, -0.25) is 0 Å². The van der Waals surface area contributed by atoms with Gasteiger partial charge in [0.05, 0.1) is 22.7 Å². The van der Waals surface area contributed by atoms with Gasteiger partial charge >= 0.3 is 24.8 Å². The first kappa shape index (κ1) is 50.7. The fraction of sp³-hybridized carbons (Fsp3) is 0.127. The SMILES string of the molecule is C.CC1(C)c2cc(Br)ccc2N(c2ccc(-c3ccccc3)cc2)c2ccc(Br)cc21.CC1(C)c2ccccc2N(c2ccc(-c3ccccc3)cc2)c2ccccc21.[B]=NS.[V].[V]. The van der Waals surface area contributed by atoms with Gasteiger partial charge in [-0.25, -0.2) is 0 Å². The Labute approximate surface area is 427 Å². The summed E-state index contributed by atoms with van der Waals surface area (Å²) in [5.41, 5.74) is 17.5. The Hall–Kier alpha value is -4.30. The van der Waals surface area contributed by atoms with Gasteiger partial charge in [0.15, 0.2) is 0 Å². The van der Waals surface area contributed by atoms with Gasteiger partial charge in [-0.05, 0) is 117 Å². The van der Waals surface area contributed by atoms with E-state index in [9.17, 15) is 0 Å². The van der Waals surface area contributed by atoms with Crippen LogP contribution in [0.5, 0.6) is 0 Å². The molecular weight excluding hydrogens is 1010 g/mol. The largest absolute Gasteiger partial charge is 0 e. The molecule has 2 heterocycles. The Morgan fingerprint density at radius 3 is 1.05 bits per heavy atom. The Balaban J connectivity index is 0.000000218. The molecule has 0 saturated carbocycles. The van der Waals surface area contributed by atoms with Crippen molar-refractivity contribution in [1.82, 2.24) is 0 Å². The van der Waals surface area contributed by atoms with Crippen LogP contribution in [0.15, 0.2) is 207 Å². The minimum Gasteiger partial charge on any atom is 0 e. The van der Waals surface area contributed by atoms with Gasteiger partial charge in [-0.1, -0.05) is 188 Å². The second-order valence-corrected chi connectivity index (χ2v) is 18.3. The maximum Gasteiger partial charge on any atom is 0 e. The van der Waals surface area contributed by atoms with Crippen molar-refractivity contribution in [3.8, 4) is 22.3 Å². The molecule has 0 bridgehead atoms. The summed E-state index contributed by atoms with van der Waals surface area (Å²) in [6.45, 7) is 9.25. The Kier molecular flexibility index (Phi) is 17.3. The molecule has 10 rings (SSSR count). The smallest absolute Gasteiger partial charge is 0 e. The monoisotopic (exact) mass is 1050 g/mol. The van der Waals surface area contributed by atoms with Gasteiger partial charge in [0.2, 0.25) is 0 Å². The fourth-order valence-corrected chi connectivity index (χ4v) is 9.50. The molecule has 8 aromatic carbocycles. The summed E-state index contributed by atoms with van der Waals surface area (Å²) in [4.78, 5) is 4.77. The summed E-state index contributed by atoms with van der Waals surface area (Å²) in [6, 6.07) is 69.6. The Morgan fingerprint density at radius 1 is 0.406 bits per heavy atom. The maximum atomic E-state index is 4.34. The summed E-state index contributed by atoms with van der Waals surface area (Å²) >= 11 is 10.6. The number of halogens is 2. The number of nitrogens with zero attached hydrogens (tertiary/aromatic N) is 3. The van der Waals surface area contributed by atoms with E-state index in [4.69, 9.17) is 0 Å². The quantitative estimate of drug-likeness (QED) is 0.140. The standard InChI is InChI=1S/C27H21Br2N.C27H23N.CH4.BHNS.2V/c1-27(2)23-16-20(28)10-14-25(23)30(26-15-11-21(29)17-24(26)27)22-12-8-19(9-13-22)18-6-4-3-5-7-18;1-27(2)23-12-6-8-14-25(23)28(26-15-9-7-13-24(26)27)22-18-16-21(17-19-22)20-10-4-3-5-11-20;;1-2-3;;/h3-17H,1-2H3;3-19H,1-2H3;1H4;3H;;. The number of anilines is 6. The first-order valence-corrected chi connectivity index (χ1v) is 22.3. The zero-order valence-electron chi connectivity index (χ0n) is 35.5. The minimum atomic E-state index is -0.0985. The van der Waals surface area contributed by atoms with E-state index in [2.05, 4.69) is 288 Å². The molecule has 0 amide bonds. The summed E-state index contributed by atoms with van der Waals surface area (Å²) in [6.07, 6.45) is 0. The zero-order chi connectivity index (χ0) is 42.7. The molecule has 0 aromatic heterocycles. The second-order valence-electron chi connectivity index (χ2n) is 16.2. The molecule has 0 atom stereocenters. The van der Waals surface area contributed by atoms with Crippen LogP contribution in [-0.4, -0.2) is 7.64 Å². The zero-order valence-corrected chi connectivity index (χ0v) is 42.4. The van der Waals surface area contributed by atoms with Crippen molar-refractivity contribution < 1.29 is 37.1 Å². The van der Waals surface area contributed by atoms with E-state index < -0.39 is 0 Å². The minimum absolute atomic E-state index is 0. The van der Waals surface area contributed by atoms with E-state index in [0.29, 0.717) is 0 Å². The molecule has 0 N–H and O–H groups in total. The van der Waals surface area contributed by atoms with Gasteiger partial charge < -0.3 is 9.80 Å². The van der Waals surface area contributed by atoms with Crippen LogP contribution >= 0.6 is 44.7 Å². The van der Waals surface area contributed by atoms with Gasteiger partial charge in [-0.2, -0.15) is 0 Å². The third-order valence-electron chi connectivity index (χ3n) is 11.8. The van der Waals surface area contributed by atoms with Gasteiger partial charge in [0.1, 0.15) is 0 Å². The molecule has 8 aromatic rings. The van der Waals surface area contributed by atoms with Gasteiger partial charge in [0.25, 0.3) is 0 Å². The predicted octanol–water partition coefficient (Wildman–Crippen LogP) is 17.3. The van der Waals surface area contributed by atoms with E-state index in [1.165, 1.54) is 72.9 Å². The van der Waals surface area contributed by atoms with Crippen LogP contribution in [0.4, 0.5) is 34.1 Å². The summed E-state index contributed by atoms with van der Waals surface area (Å²) in [5, 5.41) is 0.